The SMILES string of the molecule is Cc1cnccc1-c1ccc2ccccc2c1. The van der Waals surface area contributed by atoms with Gasteiger partial charge in [0.15, 0.2) is 0 Å². The third-order valence-electron chi connectivity index (χ3n) is 3.08. The van der Waals surface area contributed by atoms with E-state index in [1.54, 1.807) is 0 Å². The van der Waals surface area contributed by atoms with E-state index in [0.29, 0.717) is 0 Å². The van der Waals surface area contributed by atoms with Gasteiger partial charge in [0.2, 0.25) is 0 Å². The summed E-state index contributed by atoms with van der Waals surface area (Å²) in [6.45, 7) is 2.09. The molecular formula is C16H13N. The number of hydrogen-bond acceptors (Lipinski definition) is 1. The Balaban J connectivity index is 2.22. The molecule has 82 valence electrons. The number of nitrogens with zero attached hydrogens (tertiary/aromatic N) is 1. The van der Waals surface area contributed by atoms with Gasteiger partial charge in [-0.15, -0.1) is 0 Å². The van der Waals surface area contributed by atoms with Gasteiger partial charge in [-0.3, -0.25) is 4.98 Å². The van der Waals surface area contributed by atoms with E-state index in [1.807, 2.05) is 12.4 Å². The second-order valence-electron chi connectivity index (χ2n) is 4.25. The van der Waals surface area contributed by atoms with Gasteiger partial charge in [-0.2, -0.15) is 0 Å². The van der Waals surface area contributed by atoms with Crippen molar-refractivity contribution >= 4 is 10.8 Å². The highest BCUT2D eigenvalue weighted by molar-refractivity contribution is 5.87. The molecule has 0 saturated heterocycles. The summed E-state index contributed by atoms with van der Waals surface area (Å²) in [7, 11) is 0. The van der Waals surface area contributed by atoms with Crippen LogP contribution >= 0.6 is 0 Å². The molecule has 0 amide bonds. The number of hydrogen-bond donors (Lipinski definition) is 0. The number of aryl methyl sites for hydroxylation is 1. The maximum atomic E-state index is 4.13. The number of pyridine rings is 1. The van der Waals surface area contributed by atoms with E-state index < -0.39 is 0 Å². The molecule has 0 saturated carbocycles. The molecule has 17 heavy (non-hydrogen) atoms. The zero-order valence-electron chi connectivity index (χ0n) is 9.72. The zero-order chi connectivity index (χ0) is 11.7. The Bertz CT molecular complexity index is 671. The van der Waals surface area contributed by atoms with Crippen molar-refractivity contribution in [2.45, 2.75) is 6.92 Å². The highest BCUT2D eigenvalue weighted by Gasteiger charge is 2.02. The van der Waals surface area contributed by atoms with E-state index in [2.05, 4.69) is 60.4 Å². The summed E-state index contributed by atoms with van der Waals surface area (Å²) in [6, 6.07) is 17.1. The highest BCUT2D eigenvalue weighted by Crippen LogP contribution is 2.26. The fourth-order valence-electron chi connectivity index (χ4n) is 2.15. The van der Waals surface area contributed by atoms with Crippen LogP contribution in [0.25, 0.3) is 21.9 Å². The van der Waals surface area contributed by atoms with E-state index in [1.165, 1.54) is 27.5 Å². The predicted octanol–water partition coefficient (Wildman–Crippen LogP) is 4.21. The van der Waals surface area contributed by atoms with Gasteiger partial charge in [-0.1, -0.05) is 36.4 Å². The Kier molecular flexibility index (Phi) is 2.37. The van der Waals surface area contributed by atoms with Crippen molar-refractivity contribution in [3.8, 4) is 11.1 Å². The molecule has 0 radical (unpaired) electrons. The lowest BCUT2D eigenvalue weighted by molar-refractivity contribution is 1.27. The lowest BCUT2D eigenvalue weighted by atomic mass is 9.99. The van der Waals surface area contributed by atoms with Crippen molar-refractivity contribution in [2.24, 2.45) is 0 Å². The predicted molar refractivity (Wildman–Crippen MR) is 71.9 cm³/mol. The maximum absolute atomic E-state index is 4.13. The van der Waals surface area contributed by atoms with Gasteiger partial charge in [0.25, 0.3) is 0 Å². The first-order valence-corrected chi connectivity index (χ1v) is 5.74. The van der Waals surface area contributed by atoms with E-state index in [0.717, 1.165) is 0 Å². The first-order valence-electron chi connectivity index (χ1n) is 5.74. The second-order valence-corrected chi connectivity index (χ2v) is 4.25. The number of fused-ring (bicyclic) bond motifs is 1. The van der Waals surface area contributed by atoms with Gasteiger partial charge in [0.05, 0.1) is 0 Å². The smallest absolute Gasteiger partial charge is 0.0303 e. The molecule has 0 aliphatic carbocycles. The molecule has 1 heterocycles. The molecule has 0 unspecified atom stereocenters. The van der Waals surface area contributed by atoms with Crippen LogP contribution in [0.1, 0.15) is 5.56 Å². The quantitative estimate of drug-likeness (QED) is 0.597. The molecule has 0 fully saturated rings. The van der Waals surface area contributed by atoms with Crippen LogP contribution in [-0.4, -0.2) is 4.98 Å². The van der Waals surface area contributed by atoms with Gasteiger partial charge < -0.3 is 0 Å². The maximum Gasteiger partial charge on any atom is 0.0303 e. The monoisotopic (exact) mass is 219 g/mol. The Morgan fingerprint density at radius 2 is 1.71 bits per heavy atom. The number of aromatic nitrogens is 1. The molecule has 1 heteroatoms. The minimum Gasteiger partial charge on any atom is -0.264 e. The van der Waals surface area contributed by atoms with Gasteiger partial charge in [-0.25, -0.2) is 0 Å². The Hall–Kier alpha value is -2.15. The fraction of sp³-hybridized carbons (Fsp3) is 0.0625. The zero-order valence-corrected chi connectivity index (χ0v) is 9.72. The van der Waals surface area contributed by atoms with Gasteiger partial charge in [-0.05, 0) is 46.5 Å². The Morgan fingerprint density at radius 1 is 0.882 bits per heavy atom. The van der Waals surface area contributed by atoms with Crippen molar-refractivity contribution in [3.63, 3.8) is 0 Å². The largest absolute Gasteiger partial charge is 0.264 e. The molecule has 1 nitrogen and oxygen atoms in total. The molecule has 2 aromatic carbocycles. The Morgan fingerprint density at radius 3 is 2.53 bits per heavy atom. The van der Waals surface area contributed by atoms with E-state index >= 15 is 0 Å². The molecule has 0 N–H and O–H groups in total. The third-order valence-corrected chi connectivity index (χ3v) is 3.08. The van der Waals surface area contributed by atoms with Crippen LogP contribution < -0.4 is 0 Å². The van der Waals surface area contributed by atoms with Gasteiger partial charge in [0, 0.05) is 12.4 Å². The fourth-order valence-corrected chi connectivity index (χ4v) is 2.15. The average molecular weight is 219 g/mol. The van der Waals surface area contributed by atoms with E-state index in [9.17, 15) is 0 Å². The molecule has 3 aromatic rings. The third kappa shape index (κ3) is 1.80. The summed E-state index contributed by atoms with van der Waals surface area (Å²) in [6.07, 6.45) is 3.75. The minimum atomic E-state index is 1.21. The first kappa shape index (κ1) is 10.0. The average Bonchev–Trinajstić information content (AvgIpc) is 2.39. The summed E-state index contributed by atoms with van der Waals surface area (Å²) in [5, 5.41) is 2.56. The van der Waals surface area contributed by atoms with Crippen molar-refractivity contribution in [3.05, 3.63) is 66.5 Å². The highest BCUT2D eigenvalue weighted by atomic mass is 14.6. The molecule has 0 bridgehead atoms. The number of benzene rings is 2. The summed E-state index contributed by atoms with van der Waals surface area (Å²) in [5.74, 6) is 0. The van der Waals surface area contributed by atoms with Crippen LogP contribution in [0.4, 0.5) is 0 Å². The minimum absolute atomic E-state index is 1.21. The van der Waals surface area contributed by atoms with E-state index in [-0.39, 0.29) is 0 Å². The molecule has 0 aliphatic rings. The van der Waals surface area contributed by atoms with Crippen LogP contribution in [0.3, 0.4) is 0 Å². The van der Waals surface area contributed by atoms with Crippen LogP contribution in [0.5, 0.6) is 0 Å². The normalized spacial score (nSPS) is 10.6. The van der Waals surface area contributed by atoms with Crippen molar-refractivity contribution in [1.29, 1.82) is 0 Å². The lowest BCUT2D eigenvalue weighted by Crippen LogP contribution is -1.84. The van der Waals surface area contributed by atoms with Gasteiger partial charge in [0.1, 0.15) is 0 Å². The standard InChI is InChI=1S/C16H13N/c1-12-11-17-9-8-16(12)15-7-6-13-4-2-3-5-14(13)10-15/h2-11H,1H3. The molecule has 0 spiro atoms. The van der Waals surface area contributed by atoms with Crippen molar-refractivity contribution in [1.82, 2.24) is 4.98 Å². The lowest BCUT2D eigenvalue weighted by Gasteiger charge is -2.06. The van der Waals surface area contributed by atoms with Crippen LogP contribution in [0.2, 0.25) is 0 Å². The number of rotatable bonds is 1. The molecular weight excluding hydrogens is 206 g/mol. The molecule has 1 aromatic heterocycles. The summed E-state index contributed by atoms with van der Waals surface area (Å²) < 4.78 is 0. The summed E-state index contributed by atoms with van der Waals surface area (Å²) in [4.78, 5) is 4.13. The van der Waals surface area contributed by atoms with E-state index in [4.69, 9.17) is 0 Å². The Labute approximate surface area is 101 Å². The van der Waals surface area contributed by atoms with Crippen LogP contribution in [0.15, 0.2) is 60.9 Å². The van der Waals surface area contributed by atoms with Gasteiger partial charge >= 0.3 is 0 Å². The second kappa shape index (κ2) is 4.02. The summed E-state index contributed by atoms with van der Waals surface area (Å²) in [5.41, 5.74) is 3.72. The molecule has 3 rings (SSSR count). The topological polar surface area (TPSA) is 12.9 Å². The van der Waals surface area contributed by atoms with Crippen LogP contribution in [-0.2, 0) is 0 Å². The first-order chi connectivity index (χ1) is 8.34. The molecule has 0 atom stereocenters. The summed E-state index contributed by atoms with van der Waals surface area (Å²) >= 11 is 0. The van der Waals surface area contributed by atoms with Crippen molar-refractivity contribution < 1.29 is 0 Å². The van der Waals surface area contributed by atoms with Crippen LogP contribution in [0, 0.1) is 6.92 Å². The molecule has 0 aliphatic heterocycles. The van der Waals surface area contributed by atoms with Crippen molar-refractivity contribution in [2.75, 3.05) is 0 Å².